The molecule has 0 radical (unpaired) electrons. The second-order valence-electron chi connectivity index (χ2n) is 3.60. The van der Waals surface area contributed by atoms with Crippen LogP contribution in [-0.4, -0.2) is 11.1 Å². The first-order chi connectivity index (χ1) is 6.61. The van der Waals surface area contributed by atoms with Crippen molar-refractivity contribution in [1.82, 2.24) is 0 Å². The quantitative estimate of drug-likeness (QED) is 0.817. The van der Waals surface area contributed by atoms with Gasteiger partial charge in [-0.25, -0.2) is 0 Å². The minimum atomic E-state index is -0.755. The van der Waals surface area contributed by atoms with Gasteiger partial charge in [0, 0.05) is 4.88 Å². The van der Waals surface area contributed by atoms with E-state index < -0.39 is 5.97 Å². The summed E-state index contributed by atoms with van der Waals surface area (Å²) >= 11 is 1.52. The molecule has 1 aromatic rings. The molecule has 14 heavy (non-hydrogen) atoms. The highest BCUT2D eigenvalue weighted by atomic mass is 32.1. The van der Waals surface area contributed by atoms with Gasteiger partial charge >= 0.3 is 5.97 Å². The van der Waals surface area contributed by atoms with Gasteiger partial charge in [0.05, 0.1) is 6.42 Å². The van der Waals surface area contributed by atoms with Gasteiger partial charge in [0.15, 0.2) is 0 Å². The molecule has 0 atom stereocenters. The van der Waals surface area contributed by atoms with Crippen molar-refractivity contribution in [2.24, 2.45) is 0 Å². The van der Waals surface area contributed by atoms with E-state index >= 15 is 0 Å². The third-order valence-electron chi connectivity index (χ3n) is 2.05. The Kier molecular flexibility index (Phi) is 4.14. The molecule has 1 aromatic heterocycles. The first kappa shape index (κ1) is 11.2. The Morgan fingerprint density at radius 1 is 1.43 bits per heavy atom. The highest BCUT2D eigenvalue weighted by Gasteiger charge is 2.07. The van der Waals surface area contributed by atoms with Gasteiger partial charge in [-0.2, -0.15) is 0 Å². The predicted molar refractivity (Wildman–Crippen MR) is 59.0 cm³/mol. The van der Waals surface area contributed by atoms with Crippen molar-refractivity contribution in [3.8, 4) is 0 Å². The lowest BCUT2D eigenvalue weighted by Gasteiger charge is -1.93. The van der Waals surface area contributed by atoms with Crippen molar-refractivity contribution < 1.29 is 9.90 Å². The van der Waals surface area contributed by atoms with Gasteiger partial charge < -0.3 is 5.11 Å². The lowest BCUT2D eigenvalue weighted by Crippen LogP contribution is -1.99. The van der Waals surface area contributed by atoms with Crippen LogP contribution in [-0.2, 0) is 11.2 Å². The maximum Gasteiger partial charge on any atom is 0.308 e. The molecular formula is C11H16O2S. The van der Waals surface area contributed by atoms with Crippen LogP contribution in [0.1, 0.15) is 35.3 Å². The van der Waals surface area contributed by atoms with Crippen LogP contribution in [0.4, 0.5) is 0 Å². The van der Waals surface area contributed by atoms with Crippen molar-refractivity contribution in [3.63, 3.8) is 0 Å². The van der Waals surface area contributed by atoms with E-state index in [2.05, 4.69) is 0 Å². The SMILES string of the molecule is C1CC1.Cc1csc(CC(=O)O)c1C. The summed E-state index contributed by atoms with van der Waals surface area (Å²) in [6.07, 6.45) is 4.66. The fraction of sp³-hybridized carbons (Fsp3) is 0.545. The zero-order valence-electron chi connectivity index (χ0n) is 8.67. The minimum absolute atomic E-state index is 0.157. The summed E-state index contributed by atoms with van der Waals surface area (Å²) in [6, 6.07) is 0. The molecule has 1 aliphatic rings. The number of rotatable bonds is 2. The van der Waals surface area contributed by atoms with E-state index in [9.17, 15) is 4.79 Å². The largest absolute Gasteiger partial charge is 0.481 e. The number of aliphatic carboxylic acids is 1. The van der Waals surface area contributed by atoms with E-state index in [-0.39, 0.29) is 6.42 Å². The van der Waals surface area contributed by atoms with E-state index in [4.69, 9.17) is 5.11 Å². The van der Waals surface area contributed by atoms with Crippen LogP contribution >= 0.6 is 11.3 Å². The molecule has 2 nitrogen and oxygen atoms in total. The Morgan fingerprint density at radius 2 is 2.00 bits per heavy atom. The summed E-state index contributed by atoms with van der Waals surface area (Å²) in [7, 11) is 0. The maximum absolute atomic E-state index is 10.3. The average molecular weight is 212 g/mol. The molecule has 0 unspecified atom stereocenters. The van der Waals surface area contributed by atoms with E-state index in [1.54, 1.807) is 0 Å². The van der Waals surface area contributed by atoms with E-state index in [0.717, 1.165) is 10.4 Å². The monoisotopic (exact) mass is 212 g/mol. The normalized spacial score (nSPS) is 13.0. The second kappa shape index (κ2) is 5.15. The van der Waals surface area contributed by atoms with Crippen molar-refractivity contribution >= 4 is 17.3 Å². The zero-order valence-corrected chi connectivity index (χ0v) is 9.49. The molecule has 0 bridgehead atoms. The number of thiophene rings is 1. The standard InChI is InChI=1S/C8H10O2S.C3H6/c1-5-4-11-7(6(5)2)3-8(9)10;1-2-3-1/h4H,3H2,1-2H3,(H,9,10);1-3H2. The van der Waals surface area contributed by atoms with Crippen LogP contribution in [0.3, 0.4) is 0 Å². The maximum atomic E-state index is 10.3. The number of carboxylic acid groups (broad SMARTS) is 1. The molecule has 1 aliphatic carbocycles. The van der Waals surface area contributed by atoms with Crippen LogP contribution in [0.25, 0.3) is 0 Å². The van der Waals surface area contributed by atoms with Crippen LogP contribution in [0.2, 0.25) is 0 Å². The van der Waals surface area contributed by atoms with Crippen LogP contribution in [0, 0.1) is 13.8 Å². The van der Waals surface area contributed by atoms with Gasteiger partial charge in [-0.3, -0.25) is 4.79 Å². The first-order valence-electron chi connectivity index (χ1n) is 4.86. The lowest BCUT2D eigenvalue weighted by molar-refractivity contribution is -0.136. The Labute approximate surface area is 88.6 Å². The van der Waals surface area contributed by atoms with Gasteiger partial charge in [0.1, 0.15) is 0 Å². The van der Waals surface area contributed by atoms with Crippen molar-refractivity contribution in [2.75, 3.05) is 0 Å². The Balaban J connectivity index is 0.000000276. The Bertz CT molecular complexity index is 310. The molecule has 78 valence electrons. The second-order valence-corrected chi connectivity index (χ2v) is 4.56. The highest BCUT2D eigenvalue weighted by Crippen LogP contribution is 2.21. The summed E-state index contributed by atoms with van der Waals surface area (Å²) in [5, 5.41) is 10.5. The fourth-order valence-corrected chi connectivity index (χ4v) is 1.91. The van der Waals surface area contributed by atoms with Crippen LogP contribution in [0.5, 0.6) is 0 Å². The molecule has 1 saturated carbocycles. The van der Waals surface area contributed by atoms with Gasteiger partial charge in [-0.1, -0.05) is 19.3 Å². The van der Waals surface area contributed by atoms with Crippen LogP contribution < -0.4 is 0 Å². The van der Waals surface area contributed by atoms with Crippen molar-refractivity contribution in [1.29, 1.82) is 0 Å². The highest BCUT2D eigenvalue weighted by molar-refractivity contribution is 7.10. The average Bonchev–Trinajstić information content (AvgIpc) is 2.93. The van der Waals surface area contributed by atoms with E-state index in [1.165, 1.54) is 36.2 Å². The van der Waals surface area contributed by atoms with Crippen LogP contribution in [0.15, 0.2) is 5.38 Å². The molecule has 1 heterocycles. The predicted octanol–water partition coefficient (Wildman–Crippen LogP) is 3.16. The lowest BCUT2D eigenvalue weighted by atomic mass is 10.1. The summed E-state index contributed by atoms with van der Waals surface area (Å²) in [5.41, 5.74) is 2.31. The summed E-state index contributed by atoms with van der Waals surface area (Å²) in [4.78, 5) is 11.3. The molecule has 3 heteroatoms. The molecule has 1 fully saturated rings. The summed E-state index contributed by atoms with van der Waals surface area (Å²) in [5.74, 6) is -0.755. The molecule has 1 N–H and O–H groups in total. The smallest absolute Gasteiger partial charge is 0.308 e. The van der Waals surface area contributed by atoms with Gasteiger partial charge in [-0.05, 0) is 30.4 Å². The molecule has 0 aromatic carbocycles. The number of hydrogen-bond donors (Lipinski definition) is 1. The molecule has 2 rings (SSSR count). The molecule has 0 saturated heterocycles. The topological polar surface area (TPSA) is 37.3 Å². The molecule has 0 aliphatic heterocycles. The Hall–Kier alpha value is -0.830. The number of carboxylic acids is 1. The zero-order chi connectivity index (χ0) is 10.6. The van der Waals surface area contributed by atoms with Gasteiger partial charge in [0.2, 0.25) is 0 Å². The van der Waals surface area contributed by atoms with E-state index in [0.29, 0.717) is 0 Å². The Morgan fingerprint density at radius 3 is 2.29 bits per heavy atom. The fourth-order valence-electron chi connectivity index (χ4n) is 0.868. The van der Waals surface area contributed by atoms with Gasteiger partial charge in [-0.15, -0.1) is 11.3 Å². The summed E-state index contributed by atoms with van der Waals surface area (Å²) < 4.78 is 0. The number of aryl methyl sites for hydroxylation is 1. The van der Waals surface area contributed by atoms with Crippen molar-refractivity contribution in [2.45, 2.75) is 39.5 Å². The third-order valence-corrected chi connectivity index (χ3v) is 3.26. The van der Waals surface area contributed by atoms with E-state index in [1.807, 2.05) is 19.2 Å². The molecular weight excluding hydrogens is 196 g/mol. The molecule has 0 spiro atoms. The number of carbonyl (C=O) groups is 1. The van der Waals surface area contributed by atoms with Crippen molar-refractivity contribution in [3.05, 3.63) is 21.4 Å². The molecule has 0 amide bonds. The first-order valence-corrected chi connectivity index (χ1v) is 5.74. The number of hydrogen-bond acceptors (Lipinski definition) is 2. The summed E-state index contributed by atoms with van der Waals surface area (Å²) in [6.45, 7) is 3.96. The van der Waals surface area contributed by atoms with Gasteiger partial charge in [0.25, 0.3) is 0 Å². The third kappa shape index (κ3) is 3.92. The minimum Gasteiger partial charge on any atom is -0.481 e.